The lowest BCUT2D eigenvalue weighted by Gasteiger charge is -2.22. The third-order valence-electron chi connectivity index (χ3n) is 4.09. The minimum absolute atomic E-state index is 0.286. The van der Waals surface area contributed by atoms with E-state index in [2.05, 4.69) is 19.9 Å². The first-order chi connectivity index (χ1) is 6.99. The molecule has 0 unspecified atom stereocenters. The summed E-state index contributed by atoms with van der Waals surface area (Å²) < 4.78 is 11.2. The maximum absolute atomic E-state index is 8.74. The lowest BCUT2D eigenvalue weighted by molar-refractivity contribution is -0.151. The molecule has 0 N–H and O–H groups in total. The lowest BCUT2D eigenvalue weighted by Crippen LogP contribution is -2.26. The summed E-state index contributed by atoms with van der Waals surface area (Å²) in [6.45, 7) is 7.88. The molecule has 0 amide bonds. The third-order valence-corrected chi connectivity index (χ3v) is 4.09. The van der Waals surface area contributed by atoms with Gasteiger partial charge in [-0.25, -0.2) is 0 Å². The number of nitrogens with zero attached hydrogens (tertiary/aromatic N) is 1. The molecule has 1 saturated heterocycles. The van der Waals surface area contributed by atoms with Gasteiger partial charge in [-0.15, -0.1) is 0 Å². The van der Waals surface area contributed by atoms with Crippen molar-refractivity contribution in [3.63, 3.8) is 0 Å². The molecule has 1 heterocycles. The Kier molecular flexibility index (Phi) is 2.52. The second kappa shape index (κ2) is 3.47. The van der Waals surface area contributed by atoms with E-state index >= 15 is 0 Å². The largest absolute Gasteiger partial charge is 0.348 e. The van der Waals surface area contributed by atoms with Crippen molar-refractivity contribution in [1.82, 2.24) is 0 Å². The topological polar surface area (TPSA) is 42.2 Å². The molecule has 2 fully saturated rings. The van der Waals surface area contributed by atoms with Gasteiger partial charge in [0.15, 0.2) is 5.79 Å². The quantitative estimate of drug-likeness (QED) is 0.716. The van der Waals surface area contributed by atoms with E-state index < -0.39 is 5.79 Å². The van der Waals surface area contributed by atoms with E-state index in [0.29, 0.717) is 31.5 Å². The Morgan fingerprint density at radius 3 is 2.33 bits per heavy atom. The molecular weight excluding hydrogens is 190 g/mol. The molecule has 1 aliphatic carbocycles. The molecule has 0 aromatic carbocycles. The molecule has 0 aromatic heterocycles. The molecule has 3 nitrogen and oxygen atoms in total. The highest BCUT2D eigenvalue weighted by Crippen LogP contribution is 2.63. The Morgan fingerprint density at radius 1 is 1.20 bits per heavy atom. The minimum atomic E-state index is -0.397. The van der Waals surface area contributed by atoms with Crippen LogP contribution in [-0.2, 0) is 9.47 Å². The highest BCUT2D eigenvalue weighted by atomic mass is 16.7. The van der Waals surface area contributed by atoms with Gasteiger partial charge < -0.3 is 9.47 Å². The zero-order valence-electron chi connectivity index (χ0n) is 9.75. The van der Waals surface area contributed by atoms with Gasteiger partial charge in [0, 0.05) is 12.8 Å². The van der Waals surface area contributed by atoms with Crippen molar-refractivity contribution in [3.05, 3.63) is 0 Å². The smallest absolute Gasteiger partial charge is 0.166 e. The highest BCUT2D eigenvalue weighted by molar-refractivity contribution is 5.08. The normalized spacial score (nSPS) is 36.1. The van der Waals surface area contributed by atoms with E-state index in [0.717, 1.165) is 6.42 Å². The average molecular weight is 209 g/mol. The Bertz CT molecular complexity index is 286. The predicted octanol–water partition coefficient (Wildman–Crippen LogP) is 2.33. The van der Waals surface area contributed by atoms with Crippen LogP contribution in [0.1, 0.15) is 33.6 Å². The first-order valence-electron chi connectivity index (χ1n) is 5.64. The van der Waals surface area contributed by atoms with Gasteiger partial charge in [-0.05, 0) is 24.2 Å². The summed E-state index contributed by atoms with van der Waals surface area (Å²) in [6, 6.07) is 2.27. The molecule has 1 aliphatic heterocycles. The van der Waals surface area contributed by atoms with Gasteiger partial charge in [0.05, 0.1) is 19.3 Å². The monoisotopic (exact) mass is 209 g/mol. The van der Waals surface area contributed by atoms with E-state index in [4.69, 9.17) is 14.7 Å². The molecule has 2 rings (SSSR count). The van der Waals surface area contributed by atoms with Gasteiger partial charge in [-0.2, -0.15) is 5.26 Å². The molecule has 2 atom stereocenters. The lowest BCUT2D eigenvalue weighted by atomic mass is 10.0. The summed E-state index contributed by atoms with van der Waals surface area (Å²) in [7, 11) is 0. The van der Waals surface area contributed by atoms with Crippen molar-refractivity contribution < 1.29 is 9.47 Å². The second-order valence-corrected chi connectivity index (χ2v) is 5.43. The Labute approximate surface area is 91.4 Å². The fourth-order valence-corrected chi connectivity index (χ4v) is 2.84. The van der Waals surface area contributed by atoms with Crippen LogP contribution < -0.4 is 0 Å². The van der Waals surface area contributed by atoms with Gasteiger partial charge in [0.2, 0.25) is 0 Å². The van der Waals surface area contributed by atoms with E-state index in [1.54, 1.807) is 0 Å². The highest BCUT2D eigenvalue weighted by Gasteiger charge is 2.59. The first-order valence-corrected chi connectivity index (χ1v) is 5.64. The zero-order chi connectivity index (χ0) is 11.1. The first kappa shape index (κ1) is 10.9. The standard InChI is InChI=1S/C12H19NO2/c1-11(2)9(4-5-13)10(11)8-12(3)14-6-7-15-12/h9-10H,4,6-8H2,1-3H3/t9-,10+/m0/s1. The van der Waals surface area contributed by atoms with Crippen molar-refractivity contribution in [2.45, 2.75) is 39.4 Å². The number of ether oxygens (including phenoxy) is 2. The molecular formula is C12H19NO2. The van der Waals surface area contributed by atoms with Crippen LogP contribution in [0.25, 0.3) is 0 Å². The molecule has 84 valence electrons. The van der Waals surface area contributed by atoms with Crippen LogP contribution in [-0.4, -0.2) is 19.0 Å². The molecule has 2 aliphatic rings. The number of hydrogen-bond donors (Lipinski definition) is 0. The van der Waals surface area contributed by atoms with Crippen molar-refractivity contribution >= 4 is 0 Å². The SMILES string of the molecule is CC1(C[C@@H]2[C@H](CC#N)C2(C)C)OCCO1. The molecule has 3 heteroatoms. The van der Waals surface area contributed by atoms with Crippen LogP contribution in [0.15, 0.2) is 0 Å². The average Bonchev–Trinajstić information content (AvgIpc) is 2.54. The predicted molar refractivity (Wildman–Crippen MR) is 55.9 cm³/mol. The molecule has 0 radical (unpaired) electrons. The zero-order valence-corrected chi connectivity index (χ0v) is 9.75. The van der Waals surface area contributed by atoms with Gasteiger partial charge in [-0.3, -0.25) is 0 Å². The van der Waals surface area contributed by atoms with Crippen LogP contribution in [0.4, 0.5) is 0 Å². The van der Waals surface area contributed by atoms with Crippen LogP contribution in [0.5, 0.6) is 0 Å². The van der Waals surface area contributed by atoms with Gasteiger partial charge in [-0.1, -0.05) is 13.8 Å². The summed E-state index contributed by atoms with van der Waals surface area (Å²) in [5.74, 6) is 0.693. The van der Waals surface area contributed by atoms with Crippen LogP contribution in [0.2, 0.25) is 0 Å². The van der Waals surface area contributed by atoms with Crippen molar-refractivity contribution in [1.29, 1.82) is 5.26 Å². The number of hydrogen-bond acceptors (Lipinski definition) is 3. The molecule has 1 saturated carbocycles. The fourth-order valence-electron chi connectivity index (χ4n) is 2.84. The fraction of sp³-hybridized carbons (Fsp3) is 0.917. The second-order valence-electron chi connectivity index (χ2n) is 5.43. The van der Waals surface area contributed by atoms with Crippen molar-refractivity contribution in [2.24, 2.45) is 17.3 Å². The maximum Gasteiger partial charge on any atom is 0.166 e. The van der Waals surface area contributed by atoms with Gasteiger partial charge in [0.1, 0.15) is 0 Å². The van der Waals surface area contributed by atoms with Crippen LogP contribution >= 0.6 is 0 Å². The third kappa shape index (κ3) is 1.89. The number of rotatable bonds is 3. The molecule has 0 spiro atoms. The summed E-state index contributed by atoms with van der Waals surface area (Å²) in [6.07, 6.45) is 1.58. The number of nitriles is 1. The van der Waals surface area contributed by atoms with Crippen molar-refractivity contribution in [2.75, 3.05) is 13.2 Å². The summed E-state index contributed by atoms with van der Waals surface area (Å²) >= 11 is 0. The van der Waals surface area contributed by atoms with E-state index in [1.807, 2.05) is 6.92 Å². The van der Waals surface area contributed by atoms with E-state index in [-0.39, 0.29) is 5.41 Å². The van der Waals surface area contributed by atoms with Gasteiger partial charge in [0.25, 0.3) is 0 Å². The van der Waals surface area contributed by atoms with Gasteiger partial charge >= 0.3 is 0 Å². The Morgan fingerprint density at radius 2 is 1.80 bits per heavy atom. The van der Waals surface area contributed by atoms with Crippen molar-refractivity contribution in [3.8, 4) is 6.07 Å². The Balaban J connectivity index is 1.94. The Hall–Kier alpha value is -0.590. The summed E-state index contributed by atoms with van der Waals surface area (Å²) in [5.41, 5.74) is 0.286. The van der Waals surface area contributed by atoms with Crippen LogP contribution in [0.3, 0.4) is 0 Å². The maximum atomic E-state index is 8.74. The van der Waals surface area contributed by atoms with Crippen LogP contribution in [0, 0.1) is 28.6 Å². The summed E-state index contributed by atoms with van der Waals surface area (Å²) in [5, 5.41) is 8.74. The van der Waals surface area contributed by atoms with E-state index in [1.165, 1.54) is 0 Å². The molecule has 0 aromatic rings. The minimum Gasteiger partial charge on any atom is -0.348 e. The van der Waals surface area contributed by atoms with E-state index in [9.17, 15) is 0 Å². The molecule has 15 heavy (non-hydrogen) atoms. The molecule has 0 bridgehead atoms. The summed E-state index contributed by atoms with van der Waals surface area (Å²) in [4.78, 5) is 0.